The molecule has 1 heterocycles. The Bertz CT molecular complexity index is 670. The van der Waals surface area contributed by atoms with Crippen molar-refractivity contribution in [2.24, 2.45) is 0 Å². The second-order valence-electron chi connectivity index (χ2n) is 6.69. The number of rotatable bonds is 6. The Balaban J connectivity index is 2.03. The van der Waals surface area contributed by atoms with Gasteiger partial charge in [-0.2, -0.15) is 0 Å². The van der Waals surface area contributed by atoms with Crippen molar-refractivity contribution >= 4 is 17.2 Å². The molecule has 2 aromatic rings. The maximum atomic E-state index is 12.6. The molecule has 124 valence electrons. The Morgan fingerprint density at radius 1 is 1.26 bits per heavy atom. The number of aryl methyl sites for hydroxylation is 2. The smallest absolute Gasteiger partial charge is 0.253 e. The van der Waals surface area contributed by atoms with Gasteiger partial charge in [-0.25, -0.2) is 0 Å². The molecule has 0 unspecified atom stereocenters. The van der Waals surface area contributed by atoms with Crippen LogP contribution in [0.1, 0.15) is 45.9 Å². The first-order valence-electron chi connectivity index (χ1n) is 7.87. The normalized spacial score (nSPS) is 11.5. The number of hydrogen-bond acceptors (Lipinski definition) is 3. The molecule has 4 heteroatoms. The van der Waals surface area contributed by atoms with E-state index in [9.17, 15) is 9.90 Å². The highest BCUT2D eigenvalue weighted by Gasteiger charge is 2.15. The van der Waals surface area contributed by atoms with Crippen molar-refractivity contribution in [3.05, 3.63) is 57.3 Å². The van der Waals surface area contributed by atoms with Gasteiger partial charge in [0.15, 0.2) is 0 Å². The van der Waals surface area contributed by atoms with Crippen molar-refractivity contribution in [3.8, 4) is 0 Å². The molecule has 2 rings (SSSR count). The quantitative estimate of drug-likeness (QED) is 0.868. The molecule has 0 saturated heterocycles. The third-order valence-electron chi connectivity index (χ3n) is 3.74. The summed E-state index contributed by atoms with van der Waals surface area (Å²) in [4.78, 5) is 16.8. The summed E-state index contributed by atoms with van der Waals surface area (Å²) >= 11 is 1.72. The van der Waals surface area contributed by atoms with Gasteiger partial charge >= 0.3 is 0 Å². The van der Waals surface area contributed by atoms with Crippen LogP contribution in [0, 0.1) is 6.92 Å². The number of hydrogen-bond donors (Lipinski definition) is 1. The number of aliphatic hydroxyl groups is 1. The Morgan fingerprint density at radius 3 is 2.61 bits per heavy atom. The number of nitrogens with zero attached hydrogens (tertiary/aromatic N) is 1. The largest absolute Gasteiger partial charge is 0.390 e. The number of carbonyl (C=O) groups is 1. The molecule has 0 aliphatic carbocycles. The summed E-state index contributed by atoms with van der Waals surface area (Å²) in [7, 11) is 1.83. The average Bonchev–Trinajstić information content (AvgIpc) is 2.89. The van der Waals surface area contributed by atoms with Crippen LogP contribution in [0.5, 0.6) is 0 Å². The Labute approximate surface area is 142 Å². The summed E-state index contributed by atoms with van der Waals surface area (Å²) in [6, 6.07) is 11.9. The molecule has 1 N–H and O–H groups in total. The first-order valence-corrected chi connectivity index (χ1v) is 8.68. The maximum absolute atomic E-state index is 12.6. The zero-order valence-corrected chi connectivity index (χ0v) is 15.1. The molecule has 1 aromatic carbocycles. The Hall–Kier alpha value is -1.65. The van der Waals surface area contributed by atoms with E-state index in [1.807, 2.05) is 31.3 Å². The van der Waals surface area contributed by atoms with Gasteiger partial charge in [-0.1, -0.05) is 12.1 Å². The fourth-order valence-corrected chi connectivity index (χ4v) is 3.35. The van der Waals surface area contributed by atoms with Gasteiger partial charge in [0.05, 0.1) is 12.1 Å². The number of benzene rings is 1. The summed E-state index contributed by atoms with van der Waals surface area (Å²) in [5, 5.41) is 9.84. The van der Waals surface area contributed by atoms with Gasteiger partial charge in [0.25, 0.3) is 5.91 Å². The van der Waals surface area contributed by atoms with Crippen LogP contribution < -0.4 is 0 Å². The molecule has 3 nitrogen and oxygen atoms in total. The van der Waals surface area contributed by atoms with Crippen LogP contribution in [0.3, 0.4) is 0 Å². The van der Waals surface area contributed by atoms with E-state index in [4.69, 9.17) is 0 Å². The van der Waals surface area contributed by atoms with Gasteiger partial charge in [0.2, 0.25) is 0 Å². The van der Waals surface area contributed by atoms with Gasteiger partial charge in [-0.3, -0.25) is 4.79 Å². The SMILES string of the molecule is Cc1ccc(CN(C)C(=O)c2cccc(CCC(C)(C)O)c2)s1. The van der Waals surface area contributed by atoms with Crippen molar-refractivity contribution in [1.29, 1.82) is 0 Å². The van der Waals surface area contributed by atoms with Crippen LogP contribution in [-0.4, -0.2) is 28.6 Å². The second kappa shape index (κ2) is 7.28. The highest BCUT2D eigenvalue weighted by Crippen LogP contribution is 2.19. The fourth-order valence-electron chi connectivity index (χ4n) is 2.41. The van der Waals surface area contributed by atoms with Crippen molar-refractivity contribution < 1.29 is 9.90 Å². The van der Waals surface area contributed by atoms with Crippen LogP contribution in [0.15, 0.2) is 36.4 Å². The lowest BCUT2D eigenvalue weighted by Crippen LogP contribution is -2.26. The summed E-state index contributed by atoms with van der Waals surface area (Å²) in [6.07, 6.45) is 1.44. The van der Waals surface area contributed by atoms with Crippen molar-refractivity contribution in [2.45, 2.75) is 45.8 Å². The molecule has 0 bridgehead atoms. The third kappa shape index (κ3) is 5.48. The van der Waals surface area contributed by atoms with E-state index in [1.54, 1.807) is 30.1 Å². The van der Waals surface area contributed by atoms with Crippen molar-refractivity contribution in [1.82, 2.24) is 4.90 Å². The standard InChI is InChI=1S/C19H25NO2S/c1-14-8-9-17(23-14)13-20(4)18(21)16-7-5-6-15(12-16)10-11-19(2,3)22/h5-9,12,22H,10-11,13H2,1-4H3. The molecule has 1 aromatic heterocycles. The minimum atomic E-state index is -0.687. The highest BCUT2D eigenvalue weighted by atomic mass is 32.1. The van der Waals surface area contributed by atoms with E-state index in [0.717, 1.165) is 12.0 Å². The summed E-state index contributed by atoms with van der Waals surface area (Å²) < 4.78 is 0. The fraction of sp³-hybridized carbons (Fsp3) is 0.421. The molecule has 0 aliphatic rings. The van der Waals surface area contributed by atoms with Gasteiger partial charge in [0, 0.05) is 22.4 Å². The Morgan fingerprint density at radius 2 is 2.00 bits per heavy atom. The molecular formula is C19H25NO2S. The lowest BCUT2D eigenvalue weighted by atomic mass is 9.98. The van der Waals surface area contributed by atoms with Crippen LogP contribution in [-0.2, 0) is 13.0 Å². The third-order valence-corrected chi connectivity index (χ3v) is 4.72. The molecule has 0 fully saturated rings. The van der Waals surface area contributed by atoms with E-state index in [1.165, 1.54) is 9.75 Å². The zero-order valence-electron chi connectivity index (χ0n) is 14.3. The number of carbonyl (C=O) groups excluding carboxylic acids is 1. The number of thiophene rings is 1. The van der Waals surface area contributed by atoms with Crippen LogP contribution >= 0.6 is 11.3 Å². The van der Waals surface area contributed by atoms with E-state index in [0.29, 0.717) is 18.5 Å². The van der Waals surface area contributed by atoms with E-state index < -0.39 is 5.60 Å². The van der Waals surface area contributed by atoms with Gasteiger partial charge in [-0.15, -0.1) is 11.3 Å². The lowest BCUT2D eigenvalue weighted by Gasteiger charge is -2.18. The summed E-state index contributed by atoms with van der Waals surface area (Å²) in [6.45, 7) is 6.31. The maximum Gasteiger partial charge on any atom is 0.253 e. The van der Waals surface area contributed by atoms with Crippen LogP contribution in [0.25, 0.3) is 0 Å². The Kier molecular flexibility index (Phi) is 5.60. The molecule has 23 heavy (non-hydrogen) atoms. The molecule has 0 aliphatic heterocycles. The van der Waals surface area contributed by atoms with E-state index in [2.05, 4.69) is 19.1 Å². The minimum Gasteiger partial charge on any atom is -0.390 e. The van der Waals surface area contributed by atoms with Gasteiger partial charge in [-0.05, 0) is 63.4 Å². The van der Waals surface area contributed by atoms with E-state index >= 15 is 0 Å². The van der Waals surface area contributed by atoms with Gasteiger partial charge in [0.1, 0.15) is 0 Å². The molecular weight excluding hydrogens is 306 g/mol. The average molecular weight is 331 g/mol. The molecule has 0 spiro atoms. The molecule has 0 radical (unpaired) electrons. The van der Waals surface area contributed by atoms with Crippen molar-refractivity contribution in [2.75, 3.05) is 7.05 Å². The zero-order chi connectivity index (χ0) is 17.0. The lowest BCUT2D eigenvalue weighted by molar-refractivity contribution is 0.0714. The van der Waals surface area contributed by atoms with Gasteiger partial charge < -0.3 is 10.0 Å². The van der Waals surface area contributed by atoms with Crippen LogP contribution in [0.2, 0.25) is 0 Å². The topological polar surface area (TPSA) is 40.5 Å². The first kappa shape index (κ1) is 17.7. The van der Waals surface area contributed by atoms with Crippen molar-refractivity contribution in [3.63, 3.8) is 0 Å². The van der Waals surface area contributed by atoms with E-state index in [-0.39, 0.29) is 5.91 Å². The summed E-state index contributed by atoms with van der Waals surface area (Å²) in [5.74, 6) is 0.0289. The molecule has 0 atom stereocenters. The highest BCUT2D eigenvalue weighted by molar-refractivity contribution is 7.11. The number of amides is 1. The molecule has 0 saturated carbocycles. The summed E-state index contributed by atoms with van der Waals surface area (Å²) in [5.41, 5.74) is 1.10. The minimum absolute atomic E-state index is 0.0289. The monoisotopic (exact) mass is 331 g/mol. The second-order valence-corrected chi connectivity index (χ2v) is 8.06. The predicted molar refractivity (Wildman–Crippen MR) is 95.9 cm³/mol. The van der Waals surface area contributed by atoms with Crippen LogP contribution in [0.4, 0.5) is 0 Å². The predicted octanol–water partition coefficient (Wildman–Crippen LogP) is 4.03. The molecule has 1 amide bonds. The first-order chi connectivity index (χ1) is 10.7.